The predicted octanol–water partition coefficient (Wildman–Crippen LogP) is 2.12. The van der Waals surface area contributed by atoms with E-state index >= 15 is 0 Å². The van der Waals surface area contributed by atoms with E-state index in [1.807, 2.05) is 18.2 Å². The minimum atomic E-state index is -0.757. The molecule has 1 N–H and O–H groups in total. The normalized spacial score (nSPS) is 9.65. The van der Waals surface area contributed by atoms with Crippen LogP contribution in [0, 0.1) is 0 Å². The molecule has 0 aliphatic rings. The number of ether oxygens (including phenoxy) is 1. The third-order valence-electron chi connectivity index (χ3n) is 2.28. The molecule has 89 valence electrons. The van der Waals surface area contributed by atoms with Crippen LogP contribution in [-0.2, 0) is 16.0 Å². The maximum atomic E-state index is 10.2. The summed E-state index contributed by atoms with van der Waals surface area (Å²) in [5.41, 5.74) is 1.32. The van der Waals surface area contributed by atoms with E-state index < -0.39 is 5.97 Å². The van der Waals surface area contributed by atoms with E-state index in [0.29, 0.717) is 19.6 Å². The summed E-state index contributed by atoms with van der Waals surface area (Å²) >= 11 is 0. The fourth-order valence-electron chi connectivity index (χ4n) is 1.45. The largest absolute Gasteiger partial charge is 0.481 e. The Hall–Kier alpha value is -0.350. The molecule has 0 aliphatic carbocycles. The van der Waals surface area contributed by atoms with Crippen LogP contribution in [0.25, 0.3) is 0 Å². The molecule has 1 rings (SSSR count). The molecule has 1 aromatic carbocycles. The Morgan fingerprint density at radius 2 is 1.76 bits per heavy atom. The van der Waals surface area contributed by atoms with Gasteiger partial charge in [0, 0.05) is 49.2 Å². The van der Waals surface area contributed by atoms with Crippen molar-refractivity contribution in [3.05, 3.63) is 35.9 Å². The van der Waals surface area contributed by atoms with Gasteiger partial charge in [-0.2, -0.15) is 0 Å². The van der Waals surface area contributed by atoms with Gasteiger partial charge in [-0.25, -0.2) is 0 Å². The molecule has 4 heteroatoms. The summed E-state index contributed by atoms with van der Waals surface area (Å²) in [5.74, 6) is -0.757. The van der Waals surface area contributed by atoms with E-state index in [1.165, 1.54) is 5.56 Å². The number of carboxylic acid groups (broad SMARTS) is 1. The van der Waals surface area contributed by atoms with E-state index in [1.54, 1.807) is 0 Å². The van der Waals surface area contributed by atoms with Crippen molar-refractivity contribution in [2.45, 2.75) is 25.7 Å². The van der Waals surface area contributed by atoms with E-state index in [-0.39, 0.29) is 36.0 Å². The summed E-state index contributed by atoms with van der Waals surface area (Å²) in [6.07, 6.45) is 2.79. The third kappa shape index (κ3) is 9.36. The summed E-state index contributed by atoms with van der Waals surface area (Å²) in [7, 11) is 0. The molecule has 0 spiro atoms. The molecule has 0 bridgehead atoms. The van der Waals surface area contributed by atoms with Crippen LogP contribution in [0.1, 0.15) is 24.8 Å². The van der Waals surface area contributed by atoms with Crippen LogP contribution in [0.15, 0.2) is 30.3 Å². The smallest absolute Gasteiger partial charge is 0.303 e. The Morgan fingerprint density at radius 1 is 1.12 bits per heavy atom. The molecule has 1 radical (unpaired) electrons. The first-order chi connectivity index (χ1) is 7.79. The Bertz CT molecular complexity index is 301. The second-order valence-corrected chi connectivity index (χ2v) is 3.70. The van der Waals surface area contributed by atoms with E-state index in [0.717, 1.165) is 12.8 Å². The van der Waals surface area contributed by atoms with Crippen molar-refractivity contribution in [1.29, 1.82) is 0 Å². The van der Waals surface area contributed by atoms with Crippen LogP contribution in [0.2, 0.25) is 0 Å². The second kappa shape index (κ2) is 10.8. The zero-order chi connectivity index (χ0) is 11.6. The molecule has 0 aliphatic heterocycles. The SMILES string of the molecule is O=C(O)CCCOCCCc1ccccc1.[Na]. The van der Waals surface area contributed by atoms with Gasteiger partial charge in [-0.3, -0.25) is 4.79 Å². The van der Waals surface area contributed by atoms with Crippen molar-refractivity contribution >= 4 is 35.5 Å². The number of aryl methyl sites for hydroxylation is 1. The molecular weight excluding hydrogens is 227 g/mol. The maximum Gasteiger partial charge on any atom is 0.303 e. The van der Waals surface area contributed by atoms with Gasteiger partial charge in [0.15, 0.2) is 0 Å². The molecule has 0 atom stereocenters. The van der Waals surface area contributed by atoms with Crippen molar-refractivity contribution in [3.63, 3.8) is 0 Å². The van der Waals surface area contributed by atoms with E-state index in [2.05, 4.69) is 12.1 Å². The number of hydrogen-bond donors (Lipinski definition) is 1. The molecule has 1 aromatic rings. The van der Waals surface area contributed by atoms with Gasteiger partial charge in [-0.05, 0) is 24.8 Å². The number of aliphatic carboxylic acids is 1. The Labute approximate surface area is 124 Å². The molecule has 17 heavy (non-hydrogen) atoms. The molecular formula is C13H18NaO3. The fourth-order valence-corrected chi connectivity index (χ4v) is 1.45. The molecule has 0 saturated carbocycles. The first-order valence-corrected chi connectivity index (χ1v) is 5.62. The van der Waals surface area contributed by atoms with E-state index in [4.69, 9.17) is 9.84 Å². The van der Waals surface area contributed by atoms with Crippen LogP contribution >= 0.6 is 0 Å². The quantitative estimate of drug-likeness (QED) is 0.563. The second-order valence-electron chi connectivity index (χ2n) is 3.70. The predicted molar refractivity (Wildman–Crippen MR) is 68.2 cm³/mol. The molecule has 0 unspecified atom stereocenters. The van der Waals surface area contributed by atoms with Gasteiger partial charge in [0.25, 0.3) is 0 Å². The number of carbonyl (C=O) groups is 1. The van der Waals surface area contributed by atoms with Crippen LogP contribution in [0.3, 0.4) is 0 Å². The molecule has 3 nitrogen and oxygen atoms in total. The summed E-state index contributed by atoms with van der Waals surface area (Å²) in [5, 5.41) is 8.41. The van der Waals surface area contributed by atoms with Crippen LogP contribution in [0.5, 0.6) is 0 Å². The standard InChI is InChI=1S/C13H18O3.Na/c14-13(15)9-5-11-16-10-4-8-12-6-2-1-3-7-12;/h1-3,6-7H,4-5,8-11H2,(H,14,15);. The van der Waals surface area contributed by atoms with Gasteiger partial charge < -0.3 is 9.84 Å². The van der Waals surface area contributed by atoms with Gasteiger partial charge in [-0.1, -0.05) is 30.3 Å². The molecule has 0 amide bonds. The third-order valence-corrected chi connectivity index (χ3v) is 2.28. The molecule has 0 fully saturated rings. The minimum Gasteiger partial charge on any atom is -0.481 e. The topological polar surface area (TPSA) is 46.5 Å². The monoisotopic (exact) mass is 245 g/mol. The van der Waals surface area contributed by atoms with Crippen molar-refractivity contribution in [3.8, 4) is 0 Å². The van der Waals surface area contributed by atoms with E-state index in [9.17, 15) is 4.79 Å². The van der Waals surface area contributed by atoms with Crippen LogP contribution < -0.4 is 0 Å². The van der Waals surface area contributed by atoms with Gasteiger partial charge in [0.1, 0.15) is 0 Å². The average Bonchev–Trinajstić information content (AvgIpc) is 2.29. The first-order valence-electron chi connectivity index (χ1n) is 5.62. The van der Waals surface area contributed by atoms with Gasteiger partial charge in [0.05, 0.1) is 0 Å². The molecule has 0 heterocycles. The fraction of sp³-hybridized carbons (Fsp3) is 0.462. The van der Waals surface area contributed by atoms with Gasteiger partial charge >= 0.3 is 5.97 Å². The van der Waals surface area contributed by atoms with Crippen LogP contribution in [0.4, 0.5) is 0 Å². The number of rotatable bonds is 8. The molecule has 0 saturated heterocycles. The van der Waals surface area contributed by atoms with Crippen molar-refractivity contribution in [1.82, 2.24) is 0 Å². The first kappa shape index (κ1) is 16.6. The zero-order valence-corrected chi connectivity index (χ0v) is 12.4. The van der Waals surface area contributed by atoms with Gasteiger partial charge in [0.2, 0.25) is 0 Å². The summed E-state index contributed by atoms with van der Waals surface area (Å²) in [4.78, 5) is 10.2. The van der Waals surface area contributed by atoms with Gasteiger partial charge in [-0.15, -0.1) is 0 Å². The summed E-state index contributed by atoms with van der Waals surface area (Å²) in [6.45, 7) is 1.25. The van der Waals surface area contributed by atoms with Crippen molar-refractivity contribution in [2.75, 3.05) is 13.2 Å². The Kier molecular flexibility index (Phi) is 10.6. The van der Waals surface area contributed by atoms with Crippen LogP contribution in [-0.4, -0.2) is 53.8 Å². The Balaban J connectivity index is 0.00000256. The summed E-state index contributed by atoms with van der Waals surface area (Å²) in [6, 6.07) is 10.3. The van der Waals surface area contributed by atoms with Crippen molar-refractivity contribution in [2.24, 2.45) is 0 Å². The summed E-state index contributed by atoms with van der Waals surface area (Å²) < 4.78 is 5.34. The molecule has 0 aromatic heterocycles. The number of carboxylic acids is 1. The average molecular weight is 245 g/mol. The maximum absolute atomic E-state index is 10.2. The minimum absolute atomic E-state index is 0. The number of hydrogen-bond acceptors (Lipinski definition) is 2. The number of benzene rings is 1. The zero-order valence-electron chi connectivity index (χ0n) is 10.4. The Morgan fingerprint density at radius 3 is 2.41 bits per heavy atom. The van der Waals surface area contributed by atoms with Crippen molar-refractivity contribution < 1.29 is 14.6 Å².